The molecular weight excluding hydrogens is 584 g/mol. The van der Waals surface area contributed by atoms with Gasteiger partial charge in [0.15, 0.2) is 0 Å². The summed E-state index contributed by atoms with van der Waals surface area (Å²) in [5.74, 6) is -2.40. The van der Waals surface area contributed by atoms with E-state index in [1.54, 1.807) is 71.6 Å². The number of carbonyl (C=O) groups excluding carboxylic acids is 4. The van der Waals surface area contributed by atoms with Crippen LogP contribution in [0.1, 0.15) is 27.2 Å². The fraction of sp³-hybridized carbons (Fsp3) is 0.222. The lowest BCUT2D eigenvalue weighted by Crippen LogP contribution is -2.60. The molecule has 0 saturated heterocycles. The number of methoxy groups -OCH3 is 1. The van der Waals surface area contributed by atoms with Gasteiger partial charge >= 0.3 is 0 Å². The summed E-state index contributed by atoms with van der Waals surface area (Å²) in [6.07, 6.45) is -0.608. The van der Waals surface area contributed by atoms with Gasteiger partial charge in [-0.05, 0) is 50.2 Å². The summed E-state index contributed by atoms with van der Waals surface area (Å²) in [7, 11) is 2.56. The van der Waals surface area contributed by atoms with Gasteiger partial charge in [-0.15, -0.1) is 0 Å². The van der Waals surface area contributed by atoms with E-state index in [0.29, 0.717) is 33.9 Å². The first-order chi connectivity index (χ1) is 22.1. The average molecular weight is 621 g/mol. The monoisotopic (exact) mass is 620 g/mol. The summed E-state index contributed by atoms with van der Waals surface area (Å²) in [4.78, 5) is 64.7. The molecule has 0 saturated carbocycles. The lowest BCUT2D eigenvalue weighted by molar-refractivity contribution is -0.160. The fourth-order valence-electron chi connectivity index (χ4n) is 5.83. The van der Waals surface area contributed by atoms with Gasteiger partial charge in [-0.2, -0.15) is 5.06 Å². The molecule has 0 fully saturated rings. The number of hydroxylamine groups is 1. The number of rotatable bonds is 9. The van der Waals surface area contributed by atoms with E-state index in [1.807, 2.05) is 50.2 Å². The molecule has 0 aromatic heterocycles. The van der Waals surface area contributed by atoms with Gasteiger partial charge in [0.1, 0.15) is 0 Å². The highest BCUT2D eigenvalue weighted by Gasteiger charge is 2.57. The molecule has 1 aliphatic heterocycles. The molecule has 1 atom stereocenters. The molecule has 236 valence electrons. The maximum atomic E-state index is 15.1. The van der Waals surface area contributed by atoms with Crippen LogP contribution in [0.4, 0.5) is 28.4 Å². The SMILES string of the molecule is CON1C(=O)C(CC(=O)N(c2ccccc2)C(C)C)(OC)C(=O)N(c2ccccc2)c2c(-c3ccccc3NC(C)=O)cccc21. The normalized spacial score (nSPS) is 16.2. The van der Waals surface area contributed by atoms with Crippen LogP contribution in [0.15, 0.2) is 103 Å². The number of fused-ring (bicyclic) bond motifs is 1. The number of nitrogens with zero attached hydrogens (tertiary/aromatic N) is 3. The molecule has 4 aromatic rings. The highest BCUT2D eigenvalue weighted by Crippen LogP contribution is 2.48. The molecule has 10 heteroatoms. The number of nitrogens with one attached hydrogen (secondary N) is 1. The molecule has 0 spiro atoms. The van der Waals surface area contributed by atoms with Crippen LogP contribution in [-0.2, 0) is 28.8 Å². The molecule has 0 aliphatic carbocycles. The third kappa shape index (κ3) is 5.76. The lowest BCUT2D eigenvalue weighted by Gasteiger charge is -2.35. The minimum absolute atomic E-state index is 0.245. The van der Waals surface area contributed by atoms with E-state index >= 15 is 4.79 Å². The smallest absolute Gasteiger partial charge is 0.293 e. The third-order valence-electron chi connectivity index (χ3n) is 7.83. The predicted molar refractivity (Wildman–Crippen MR) is 178 cm³/mol. The lowest BCUT2D eigenvalue weighted by atomic mass is 9.93. The minimum Gasteiger partial charge on any atom is -0.359 e. The maximum absolute atomic E-state index is 15.1. The summed E-state index contributed by atoms with van der Waals surface area (Å²) in [5.41, 5.74) is 0.914. The first-order valence-corrected chi connectivity index (χ1v) is 14.8. The van der Waals surface area contributed by atoms with E-state index in [9.17, 15) is 14.4 Å². The molecule has 0 radical (unpaired) electrons. The van der Waals surface area contributed by atoms with Gasteiger partial charge in [0.2, 0.25) is 17.4 Å². The standard InChI is InChI=1S/C36H36N4O6/c1-24(2)38(26-15-8-6-9-16-26)32(42)23-36(45-4)34(43)39(27-17-10-7-11-18-27)33-29(20-14-22-31(33)40(46-5)35(36)44)28-19-12-13-21-30(28)37-25(3)41/h6-22,24H,23H2,1-5H3,(H,37,41). The molecule has 0 bridgehead atoms. The van der Waals surface area contributed by atoms with E-state index in [4.69, 9.17) is 9.57 Å². The number of anilines is 5. The van der Waals surface area contributed by atoms with Crippen molar-refractivity contribution in [1.82, 2.24) is 0 Å². The zero-order valence-corrected chi connectivity index (χ0v) is 26.4. The second-order valence-electron chi connectivity index (χ2n) is 11.1. The first-order valence-electron chi connectivity index (χ1n) is 14.8. The van der Waals surface area contributed by atoms with Gasteiger partial charge in [-0.3, -0.25) is 28.9 Å². The Balaban J connectivity index is 1.77. The van der Waals surface area contributed by atoms with Crippen LogP contribution in [0.25, 0.3) is 11.1 Å². The fourth-order valence-corrected chi connectivity index (χ4v) is 5.83. The second-order valence-corrected chi connectivity index (χ2v) is 11.1. The summed E-state index contributed by atoms with van der Waals surface area (Å²) in [6.45, 7) is 5.12. The van der Waals surface area contributed by atoms with E-state index in [1.165, 1.54) is 26.0 Å². The number of hydrogen-bond acceptors (Lipinski definition) is 6. The van der Waals surface area contributed by atoms with Crippen LogP contribution in [-0.4, -0.2) is 49.5 Å². The molecular formula is C36H36N4O6. The highest BCUT2D eigenvalue weighted by atomic mass is 16.7. The molecule has 4 aromatic carbocycles. The zero-order valence-electron chi connectivity index (χ0n) is 26.4. The first kappa shape index (κ1) is 32.1. The third-order valence-corrected chi connectivity index (χ3v) is 7.83. The van der Waals surface area contributed by atoms with Crippen molar-refractivity contribution in [1.29, 1.82) is 0 Å². The van der Waals surface area contributed by atoms with Crippen LogP contribution in [0.3, 0.4) is 0 Å². The summed E-state index contributed by atoms with van der Waals surface area (Å²) < 4.78 is 5.89. The van der Waals surface area contributed by atoms with Crippen molar-refractivity contribution >= 4 is 52.1 Å². The number of para-hydroxylation sites is 4. The Bertz CT molecular complexity index is 1760. The Kier molecular flexibility index (Phi) is 9.31. The Morgan fingerprint density at radius 1 is 0.804 bits per heavy atom. The van der Waals surface area contributed by atoms with Crippen LogP contribution in [0.2, 0.25) is 0 Å². The van der Waals surface area contributed by atoms with Crippen molar-refractivity contribution in [2.24, 2.45) is 0 Å². The number of amides is 4. The Morgan fingerprint density at radius 3 is 2.02 bits per heavy atom. The van der Waals surface area contributed by atoms with Crippen molar-refractivity contribution in [3.05, 3.63) is 103 Å². The summed E-state index contributed by atoms with van der Waals surface area (Å²) >= 11 is 0. The quantitative estimate of drug-likeness (QED) is 0.227. The van der Waals surface area contributed by atoms with Gasteiger partial charge < -0.3 is 15.0 Å². The van der Waals surface area contributed by atoms with Crippen LogP contribution < -0.4 is 20.2 Å². The molecule has 1 N–H and O–H groups in total. The van der Waals surface area contributed by atoms with Crippen LogP contribution in [0.5, 0.6) is 0 Å². The highest BCUT2D eigenvalue weighted by molar-refractivity contribution is 6.28. The van der Waals surface area contributed by atoms with Crippen LogP contribution >= 0.6 is 0 Å². The molecule has 1 aliphatic rings. The maximum Gasteiger partial charge on any atom is 0.293 e. The summed E-state index contributed by atoms with van der Waals surface area (Å²) in [6, 6.07) is 29.9. The van der Waals surface area contributed by atoms with Crippen molar-refractivity contribution in [3.63, 3.8) is 0 Å². The Labute approximate surface area is 268 Å². The van der Waals surface area contributed by atoms with E-state index < -0.39 is 29.7 Å². The van der Waals surface area contributed by atoms with E-state index in [2.05, 4.69) is 5.32 Å². The van der Waals surface area contributed by atoms with Gasteiger partial charge in [0, 0.05) is 48.3 Å². The van der Waals surface area contributed by atoms with E-state index in [0.717, 1.165) is 5.06 Å². The van der Waals surface area contributed by atoms with Gasteiger partial charge in [0.05, 0.1) is 24.9 Å². The van der Waals surface area contributed by atoms with Gasteiger partial charge in [-0.25, -0.2) is 0 Å². The predicted octanol–water partition coefficient (Wildman–Crippen LogP) is 6.10. The largest absolute Gasteiger partial charge is 0.359 e. The molecule has 10 nitrogen and oxygen atoms in total. The molecule has 1 unspecified atom stereocenters. The number of carbonyl (C=O) groups is 4. The average Bonchev–Trinajstić information content (AvgIpc) is 3.12. The molecule has 46 heavy (non-hydrogen) atoms. The minimum atomic E-state index is -2.32. The molecule has 1 heterocycles. The van der Waals surface area contributed by atoms with Crippen molar-refractivity contribution < 1.29 is 28.8 Å². The van der Waals surface area contributed by atoms with Crippen molar-refractivity contribution in [2.45, 2.75) is 38.8 Å². The number of ether oxygens (including phenoxy) is 1. The van der Waals surface area contributed by atoms with Crippen LogP contribution in [0, 0.1) is 0 Å². The van der Waals surface area contributed by atoms with Gasteiger partial charge in [0.25, 0.3) is 11.8 Å². The van der Waals surface area contributed by atoms with Gasteiger partial charge in [-0.1, -0.05) is 66.7 Å². The topological polar surface area (TPSA) is 108 Å². The molecule has 5 rings (SSSR count). The Hall–Kier alpha value is -5.32. The van der Waals surface area contributed by atoms with Crippen molar-refractivity contribution in [2.75, 3.05) is 34.4 Å². The second kappa shape index (κ2) is 13.4. The number of benzene rings is 4. The summed E-state index contributed by atoms with van der Waals surface area (Å²) in [5, 5.41) is 3.86. The Morgan fingerprint density at radius 2 is 1.41 bits per heavy atom. The van der Waals surface area contributed by atoms with Crippen molar-refractivity contribution in [3.8, 4) is 11.1 Å². The molecule has 4 amide bonds. The zero-order chi connectivity index (χ0) is 33.0. The van der Waals surface area contributed by atoms with E-state index in [-0.39, 0.29) is 17.6 Å². The number of hydrogen-bond donors (Lipinski definition) is 1.